The van der Waals surface area contributed by atoms with Gasteiger partial charge in [0.2, 0.25) is 11.8 Å². The average Bonchev–Trinajstić information content (AvgIpc) is 2.61. The second kappa shape index (κ2) is 9.86. The van der Waals surface area contributed by atoms with Crippen LogP contribution in [0.25, 0.3) is 0 Å². The first-order chi connectivity index (χ1) is 12.5. The third-order valence-electron chi connectivity index (χ3n) is 3.79. The molecule has 0 spiro atoms. The highest BCUT2D eigenvalue weighted by atomic mass is 32.2. The summed E-state index contributed by atoms with van der Waals surface area (Å²) in [6.45, 7) is 4.16. The molecule has 7 nitrogen and oxygen atoms in total. The summed E-state index contributed by atoms with van der Waals surface area (Å²) in [6, 6.07) is 5.29. The van der Waals surface area contributed by atoms with Gasteiger partial charge in [-0.1, -0.05) is 17.8 Å². The van der Waals surface area contributed by atoms with E-state index in [1.165, 1.54) is 11.8 Å². The van der Waals surface area contributed by atoms with Gasteiger partial charge in [-0.05, 0) is 44.2 Å². The van der Waals surface area contributed by atoms with Gasteiger partial charge in [-0.3, -0.25) is 9.59 Å². The maximum absolute atomic E-state index is 12.0. The Morgan fingerprint density at radius 2 is 1.81 bits per heavy atom. The van der Waals surface area contributed by atoms with Crippen LogP contribution >= 0.6 is 11.8 Å². The van der Waals surface area contributed by atoms with Gasteiger partial charge >= 0.3 is 0 Å². The van der Waals surface area contributed by atoms with Crippen molar-refractivity contribution in [1.29, 1.82) is 0 Å². The normalized spacial score (nSPS) is 10.4. The van der Waals surface area contributed by atoms with Crippen molar-refractivity contribution in [2.75, 3.05) is 18.1 Å². The third kappa shape index (κ3) is 6.11. The van der Waals surface area contributed by atoms with E-state index in [-0.39, 0.29) is 24.8 Å². The molecule has 2 rings (SSSR count). The first kappa shape index (κ1) is 19.8. The zero-order chi connectivity index (χ0) is 18.9. The minimum atomic E-state index is -0.184. The van der Waals surface area contributed by atoms with E-state index in [0.717, 1.165) is 22.1 Å². The summed E-state index contributed by atoms with van der Waals surface area (Å²) in [4.78, 5) is 36.7. The Kier molecular flexibility index (Phi) is 7.53. The number of aromatic nitrogens is 3. The summed E-state index contributed by atoms with van der Waals surface area (Å²) in [5.41, 5.74) is 2.82. The number of thioether (sulfide) groups is 1. The van der Waals surface area contributed by atoms with Crippen molar-refractivity contribution in [3.05, 3.63) is 41.3 Å². The van der Waals surface area contributed by atoms with E-state index in [0.29, 0.717) is 18.7 Å². The summed E-state index contributed by atoms with van der Waals surface area (Å²) in [5.74, 6) is 0.226. The first-order valence-corrected chi connectivity index (χ1v) is 9.57. The minimum absolute atomic E-state index is 0.0941. The number of hydrogen-bond acceptors (Lipinski definition) is 6. The molecule has 0 aliphatic carbocycles. The molecule has 0 radical (unpaired) electrons. The van der Waals surface area contributed by atoms with Crippen molar-refractivity contribution < 1.29 is 9.59 Å². The molecule has 0 atom stereocenters. The molecule has 0 aliphatic rings. The lowest BCUT2D eigenvalue weighted by Gasteiger charge is -2.10. The smallest absolute Gasteiger partial charge is 0.227 e. The Morgan fingerprint density at radius 1 is 1.08 bits per heavy atom. The van der Waals surface area contributed by atoms with Crippen molar-refractivity contribution in [2.24, 2.45) is 0 Å². The van der Waals surface area contributed by atoms with Gasteiger partial charge in [0.25, 0.3) is 0 Å². The second-order valence-electron chi connectivity index (χ2n) is 5.72. The Bertz CT molecular complexity index is 744. The SMILES string of the molecule is CSc1nc(C)c(CCC(=O)NCCC(=O)Nc2ccccn2)c(C)n1. The summed E-state index contributed by atoms with van der Waals surface area (Å²) in [6.07, 6.45) is 4.66. The largest absolute Gasteiger partial charge is 0.356 e. The van der Waals surface area contributed by atoms with Crippen LogP contribution in [0, 0.1) is 13.8 Å². The van der Waals surface area contributed by atoms with E-state index < -0.39 is 0 Å². The Labute approximate surface area is 157 Å². The number of amides is 2. The van der Waals surface area contributed by atoms with Crippen LogP contribution in [0.15, 0.2) is 29.6 Å². The molecule has 0 aromatic carbocycles. The molecule has 8 heteroatoms. The van der Waals surface area contributed by atoms with Gasteiger partial charge in [-0.2, -0.15) is 0 Å². The number of pyridine rings is 1. The highest BCUT2D eigenvalue weighted by Crippen LogP contribution is 2.17. The van der Waals surface area contributed by atoms with Gasteiger partial charge in [0.05, 0.1) is 0 Å². The van der Waals surface area contributed by atoms with Gasteiger partial charge < -0.3 is 10.6 Å². The standard InChI is InChI=1S/C18H23N5O2S/c1-12-14(13(2)22-18(21-12)26-3)7-8-16(24)20-11-9-17(25)23-15-6-4-5-10-19-15/h4-6,10H,7-9,11H2,1-3H3,(H,20,24)(H,19,23,25). The first-order valence-electron chi connectivity index (χ1n) is 8.35. The summed E-state index contributed by atoms with van der Waals surface area (Å²) in [7, 11) is 0. The zero-order valence-electron chi connectivity index (χ0n) is 15.2. The molecule has 0 saturated carbocycles. The molecule has 0 fully saturated rings. The van der Waals surface area contributed by atoms with E-state index >= 15 is 0 Å². The van der Waals surface area contributed by atoms with Crippen LogP contribution in [0.5, 0.6) is 0 Å². The lowest BCUT2D eigenvalue weighted by atomic mass is 10.1. The highest BCUT2D eigenvalue weighted by Gasteiger charge is 2.11. The fraction of sp³-hybridized carbons (Fsp3) is 0.389. The number of nitrogens with one attached hydrogen (secondary N) is 2. The van der Waals surface area contributed by atoms with Crippen molar-refractivity contribution in [3.8, 4) is 0 Å². The molecule has 0 unspecified atom stereocenters. The molecule has 2 heterocycles. The van der Waals surface area contributed by atoms with E-state index in [9.17, 15) is 9.59 Å². The molecule has 26 heavy (non-hydrogen) atoms. The fourth-order valence-corrected chi connectivity index (χ4v) is 2.90. The van der Waals surface area contributed by atoms with E-state index in [1.54, 1.807) is 24.4 Å². The Morgan fingerprint density at radius 3 is 2.42 bits per heavy atom. The number of hydrogen-bond donors (Lipinski definition) is 2. The van der Waals surface area contributed by atoms with Crippen LogP contribution in [-0.2, 0) is 16.0 Å². The molecule has 0 bridgehead atoms. The Hall–Kier alpha value is -2.48. The maximum atomic E-state index is 12.0. The lowest BCUT2D eigenvalue weighted by Crippen LogP contribution is -2.28. The van der Waals surface area contributed by atoms with Gasteiger partial charge in [0.15, 0.2) is 5.16 Å². The van der Waals surface area contributed by atoms with Crippen molar-refractivity contribution >= 4 is 29.4 Å². The van der Waals surface area contributed by atoms with Gasteiger partial charge in [-0.15, -0.1) is 0 Å². The van der Waals surface area contributed by atoms with Crippen LogP contribution in [-0.4, -0.2) is 39.6 Å². The van der Waals surface area contributed by atoms with Crippen molar-refractivity contribution in [2.45, 2.75) is 38.3 Å². The minimum Gasteiger partial charge on any atom is -0.356 e. The molecular formula is C18H23N5O2S. The van der Waals surface area contributed by atoms with Crippen LogP contribution in [0.3, 0.4) is 0 Å². The predicted octanol–water partition coefficient (Wildman–Crippen LogP) is 2.29. The molecule has 138 valence electrons. The van der Waals surface area contributed by atoms with Crippen molar-refractivity contribution in [1.82, 2.24) is 20.3 Å². The molecule has 2 aromatic heterocycles. The van der Waals surface area contributed by atoms with E-state index in [2.05, 4.69) is 25.6 Å². The number of anilines is 1. The topological polar surface area (TPSA) is 96.9 Å². The van der Waals surface area contributed by atoms with E-state index in [1.807, 2.05) is 20.1 Å². The van der Waals surface area contributed by atoms with Crippen LogP contribution in [0.2, 0.25) is 0 Å². The summed E-state index contributed by atoms with van der Waals surface area (Å²) in [5, 5.41) is 6.19. The monoisotopic (exact) mass is 373 g/mol. The molecular weight excluding hydrogens is 350 g/mol. The second-order valence-corrected chi connectivity index (χ2v) is 6.50. The zero-order valence-corrected chi connectivity index (χ0v) is 16.0. The number of rotatable bonds is 8. The Balaban J connectivity index is 1.73. The van der Waals surface area contributed by atoms with Crippen LogP contribution in [0.4, 0.5) is 5.82 Å². The van der Waals surface area contributed by atoms with Crippen molar-refractivity contribution in [3.63, 3.8) is 0 Å². The lowest BCUT2D eigenvalue weighted by molar-refractivity contribution is -0.121. The number of carbonyl (C=O) groups excluding carboxylic acids is 2. The number of aryl methyl sites for hydroxylation is 2. The average molecular weight is 373 g/mol. The maximum Gasteiger partial charge on any atom is 0.227 e. The van der Waals surface area contributed by atoms with Gasteiger partial charge in [-0.25, -0.2) is 15.0 Å². The molecule has 0 aliphatic heterocycles. The summed E-state index contributed by atoms with van der Waals surface area (Å²) >= 11 is 1.50. The van der Waals surface area contributed by atoms with Crippen LogP contribution < -0.4 is 10.6 Å². The molecule has 2 N–H and O–H groups in total. The van der Waals surface area contributed by atoms with Crippen LogP contribution in [0.1, 0.15) is 29.8 Å². The quantitative estimate of drug-likeness (QED) is 0.544. The molecule has 0 saturated heterocycles. The molecule has 2 amide bonds. The fourth-order valence-electron chi connectivity index (χ4n) is 2.45. The van der Waals surface area contributed by atoms with Gasteiger partial charge in [0.1, 0.15) is 5.82 Å². The van der Waals surface area contributed by atoms with E-state index in [4.69, 9.17) is 0 Å². The summed E-state index contributed by atoms with van der Waals surface area (Å²) < 4.78 is 0. The van der Waals surface area contributed by atoms with Gasteiger partial charge in [0, 0.05) is 37.0 Å². The third-order valence-corrected chi connectivity index (χ3v) is 4.34. The number of carbonyl (C=O) groups is 2. The molecule has 2 aromatic rings. The highest BCUT2D eigenvalue weighted by molar-refractivity contribution is 7.98. The number of nitrogens with zero attached hydrogens (tertiary/aromatic N) is 3. The predicted molar refractivity (Wildman–Crippen MR) is 102 cm³/mol.